The van der Waals surface area contributed by atoms with Crippen molar-refractivity contribution in [3.8, 4) is 0 Å². The van der Waals surface area contributed by atoms with Crippen molar-refractivity contribution >= 4 is 70.1 Å². The van der Waals surface area contributed by atoms with E-state index in [0.717, 1.165) is 16.1 Å². The number of hydrogen-bond donors (Lipinski definition) is 3. The third-order valence-corrected chi connectivity index (χ3v) is 7.87. The molecule has 9 heteroatoms. The molecule has 0 radical (unpaired) electrons. The van der Waals surface area contributed by atoms with Crippen LogP contribution in [0.4, 0.5) is 11.4 Å². The van der Waals surface area contributed by atoms with Gasteiger partial charge in [0.2, 0.25) is 5.91 Å². The Balaban J connectivity index is 1.45. The number of carbonyl (C=O) groups is 3. The highest BCUT2D eigenvalue weighted by Crippen LogP contribution is 2.28. The minimum absolute atomic E-state index is 0.0112. The van der Waals surface area contributed by atoms with Crippen LogP contribution in [0.1, 0.15) is 28.4 Å². The minimum Gasteiger partial charge on any atom is -0.325 e. The number of nitrogens with one attached hydrogen (secondary N) is 3. The van der Waals surface area contributed by atoms with Gasteiger partial charge in [0.05, 0.1) is 15.3 Å². The Labute approximate surface area is 253 Å². The number of rotatable bonds is 9. The predicted octanol–water partition coefficient (Wildman–Crippen LogP) is 7.83. The largest absolute Gasteiger partial charge is 0.325 e. The predicted molar refractivity (Wildman–Crippen MR) is 169 cm³/mol. The zero-order valence-electron chi connectivity index (χ0n) is 22.3. The van der Waals surface area contributed by atoms with Gasteiger partial charge >= 0.3 is 0 Å². The van der Waals surface area contributed by atoms with Crippen molar-refractivity contribution in [2.75, 3.05) is 10.6 Å². The van der Waals surface area contributed by atoms with Crippen LogP contribution in [0.25, 0.3) is 6.08 Å². The van der Waals surface area contributed by atoms with Gasteiger partial charge in [0, 0.05) is 21.8 Å². The van der Waals surface area contributed by atoms with Crippen molar-refractivity contribution in [2.45, 2.75) is 24.0 Å². The molecule has 0 aliphatic carbocycles. The Kier molecular flexibility index (Phi) is 10.2. The average molecular weight is 605 g/mol. The lowest BCUT2D eigenvalue weighted by Crippen LogP contribution is -2.30. The maximum atomic E-state index is 13.3. The molecular formula is C32H27Cl2N3O3S. The van der Waals surface area contributed by atoms with E-state index in [1.54, 1.807) is 60.7 Å². The third-order valence-electron chi connectivity index (χ3n) is 5.92. The van der Waals surface area contributed by atoms with E-state index in [1.807, 2.05) is 50.2 Å². The number of aryl methyl sites for hydroxylation is 1. The van der Waals surface area contributed by atoms with Gasteiger partial charge in [-0.2, -0.15) is 0 Å². The second-order valence-electron chi connectivity index (χ2n) is 9.12. The fourth-order valence-electron chi connectivity index (χ4n) is 3.68. The quantitative estimate of drug-likeness (QED) is 0.134. The van der Waals surface area contributed by atoms with Gasteiger partial charge in [-0.1, -0.05) is 71.2 Å². The number of carbonyl (C=O) groups excluding carboxylic acids is 3. The summed E-state index contributed by atoms with van der Waals surface area (Å²) in [6.07, 6.45) is 1.48. The van der Waals surface area contributed by atoms with Gasteiger partial charge in [0.1, 0.15) is 5.70 Å². The summed E-state index contributed by atoms with van der Waals surface area (Å²) in [5.41, 5.74) is 3.23. The van der Waals surface area contributed by atoms with Crippen LogP contribution in [0.15, 0.2) is 108 Å². The van der Waals surface area contributed by atoms with Gasteiger partial charge in [-0.15, -0.1) is 11.8 Å². The van der Waals surface area contributed by atoms with E-state index in [9.17, 15) is 14.4 Å². The van der Waals surface area contributed by atoms with Crippen molar-refractivity contribution in [3.63, 3.8) is 0 Å². The SMILES string of the molecule is Cc1ccc(NC(=O)C(C)Sc2ccc(NC(=O)/C(=C/c3cccc(Cl)c3Cl)NC(=O)c3ccccc3)cc2)cc1. The molecule has 0 aromatic heterocycles. The Bertz CT molecular complexity index is 1570. The smallest absolute Gasteiger partial charge is 0.272 e. The van der Waals surface area contributed by atoms with Crippen LogP contribution in [-0.4, -0.2) is 23.0 Å². The number of amides is 3. The van der Waals surface area contributed by atoms with E-state index in [-0.39, 0.29) is 21.9 Å². The highest BCUT2D eigenvalue weighted by Gasteiger charge is 2.17. The van der Waals surface area contributed by atoms with Crippen molar-refractivity contribution in [3.05, 3.63) is 129 Å². The van der Waals surface area contributed by atoms with Crippen molar-refractivity contribution < 1.29 is 14.4 Å². The second kappa shape index (κ2) is 14.0. The average Bonchev–Trinajstić information content (AvgIpc) is 2.97. The molecule has 0 fully saturated rings. The summed E-state index contributed by atoms with van der Waals surface area (Å²) in [6.45, 7) is 3.82. The molecule has 0 saturated carbocycles. The van der Waals surface area contributed by atoms with E-state index in [2.05, 4.69) is 16.0 Å². The fourth-order valence-corrected chi connectivity index (χ4v) is 4.91. The molecule has 1 atom stereocenters. The van der Waals surface area contributed by atoms with E-state index >= 15 is 0 Å². The Morgan fingerprint density at radius 2 is 1.41 bits per heavy atom. The first-order valence-electron chi connectivity index (χ1n) is 12.7. The van der Waals surface area contributed by atoms with Crippen molar-refractivity contribution in [1.82, 2.24) is 5.32 Å². The summed E-state index contributed by atoms with van der Waals surface area (Å²) in [7, 11) is 0. The molecule has 4 aromatic rings. The molecule has 3 N–H and O–H groups in total. The van der Waals surface area contributed by atoms with Gasteiger partial charge in [-0.25, -0.2) is 0 Å². The molecule has 6 nitrogen and oxygen atoms in total. The number of anilines is 2. The number of hydrogen-bond acceptors (Lipinski definition) is 4. The summed E-state index contributed by atoms with van der Waals surface area (Å²) in [4.78, 5) is 39.6. The zero-order valence-corrected chi connectivity index (χ0v) is 24.6. The molecule has 0 aliphatic rings. The molecule has 4 rings (SSSR count). The van der Waals surface area contributed by atoms with Gasteiger partial charge < -0.3 is 16.0 Å². The topological polar surface area (TPSA) is 87.3 Å². The van der Waals surface area contributed by atoms with Crippen LogP contribution in [-0.2, 0) is 9.59 Å². The van der Waals surface area contributed by atoms with Crippen molar-refractivity contribution in [2.24, 2.45) is 0 Å². The molecule has 3 amide bonds. The fraction of sp³-hybridized carbons (Fsp3) is 0.0938. The van der Waals surface area contributed by atoms with E-state index in [4.69, 9.17) is 23.2 Å². The Hall–Kier alpha value is -4.04. The van der Waals surface area contributed by atoms with Crippen molar-refractivity contribution in [1.29, 1.82) is 0 Å². The molecule has 208 valence electrons. The summed E-state index contributed by atoms with van der Waals surface area (Å²) in [6, 6.07) is 28.3. The minimum atomic E-state index is -0.545. The lowest BCUT2D eigenvalue weighted by Gasteiger charge is -2.14. The molecule has 41 heavy (non-hydrogen) atoms. The lowest BCUT2D eigenvalue weighted by molar-refractivity contribution is -0.115. The first-order valence-corrected chi connectivity index (χ1v) is 14.3. The van der Waals surface area contributed by atoms with Crippen LogP contribution in [0.5, 0.6) is 0 Å². The van der Waals surface area contributed by atoms with Crippen LogP contribution < -0.4 is 16.0 Å². The summed E-state index contributed by atoms with van der Waals surface area (Å²) in [5, 5.41) is 8.64. The van der Waals surface area contributed by atoms with E-state index in [1.165, 1.54) is 17.8 Å². The molecule has 0 spiro atoms. The lowest BCUT2D eigenvalue weighted by atomic mass is 10.1. The summed E-state index contributed by atoms with van der Waals surface area (Å²) < 4.78 is 0. The molecule has 0 aliphatic heterocycles. The van der Waals surface area contributed by atoms with Gasteiger partial charge in [-0.3, -0.25) is 14.4 Å². The first kappa shape index (κ1) is 29.9. The highest BCUT2D eigenvalue weighted by atomic mass is 35.5. The molecule has 0 bridgehead atoms. The number of thioether (sulfide) groups is 1. The maximum absolute atomic E-state index is 13.3. The second-order valence-corrected chi connectivity index (χ2v) is 11.3. The monoisotopic (exact) mass is 603 g/mol. The van der Waals surface area contributed by atoms with E-state index < -0.39 is 11.8 Å². The highest BCUT2D eigenvalue weighted by molar-refractivity contribution is 8.00. The van der Waals surface area contributed by atoms with Crippen LogP contribution in [0, 0.1) is 6.92 Å². The molecule has 1 unspecified atom stereocenters. The number of benzene rings is 4. The zero-order chi connectivity index (χ0) is 29.4. The first-order chi connectivity index (χ1) is 19.7. The van der Waals surface area contributed by atoms with Gasteiger partial charge in [0.25, 0.3) is 11.8 Å². The summed E-state index contributed by atoms with van der Waals surface area (Å²) in [5.74, 6) is -1.11. The third kappa shape index (κ3) is 8.47. The van der Waals surface area contributed by atoms with Crippen LogP contribution >= 0.6 is 35.0 Å². The molecular weight excluding hydrogens is 577 g/mol. The van der Waals surface area contributed by atoms with E-state index in [0.29, 0.717) is 21.8 Å². The van der Waals surface area contributed by atoms with Crippen LogP contribution in [0.3, 0.4) is 0 Å². The maximum Gasteiger partial charge on any atom is 0.272 e. The number of halogens is 2. The molecule has 4 aromatic carbocycles. The van der Waals surface area contributed by atoms with Gasteiger partial charge in [-0.05, 0) is 80.1 Å². The summed E-state index contributed by atoms with van der Waals surface area (Å²) >= 11 is 13.9. The Morgan fingerprint density at radius 1 is 0.780 bits per heavy atom. The Morgan fingerprint density at radius 3 is 2.10 bits per heavy atom. The van der Waals surface area contributed by atoms with Crippen LogP contribution in [0.2, 0.25) is 10.0 Å². The molecule has 0 heterocycles. The van der Waals surface area contributed by atoms with Gasteiger partial charge in [0.15, 0.2) is 0 Å². The standard InChI is InChI=1S/C32H27Cl2N3O3S/c1-20-11-13-24(14-12-20)35-30(38)21(2)41-26-17-15-25(16-18-26)36-32(40)28(19-23-9-6-10-27(33)29(23)34)37-31(39)22-7-4-3-5-8-22/h3-19,21H,1-2H3,(H,35,38)(H,36,40)(H,37,39)/b28-19-. The normalized spacial score (nSPS) is 11.9. The molecule has 0 saturated heterocycles.